The van der Waals surface area contributed by atoms with Crippen molar-refractivity contribution >= 4 is 41.3 Å². The molecule has 0 atom stereocenters. The monoisotopic (exact) mass is 166 g/mol. The molecule has 1 rings (SSSR count). The van der Waals surface area contributed by atoms with Crippen molar-refractivity contribution in [3.05, 3.63) is 0 Å². The summed E-state index contributed by atoms with van der Waals surface area (Å²) < 4.78 is 0. The van der Waals surface area contributed by atoms with Crippen molar-refractivity contribution in [1.82, 2.24) is 0 Å². The first kappa shape index (κ1) is 11.1. The Morgan fingerprint density at radius 3 is 2.00 bits per heavy atom. The summed E-state index contributed by atoms with van der Waals surface area (Å²) in [5.74, 6) is -2.05. The fourth-order valence-corrected chi connectivity index (χ4v) is 1.36. The van der Waals surface area contributed by atoms with Gasteiger partial charge in [-0.2, -0.15) is 0 Å². The van der Waals surface area contributed by atoms with E-state index in [9.17, 15) is 9.59 Å². The Bertz CT molecular complexity index is 161. The SMILES string of the molecule is O=C(O)C(=O)C1CCCC1.[NaH]. The number of carboxylic acid groups (broad SMARTS) is 1. The van der Waals surface area contributed by atoms with Crippen molar-refractivity contribution in [2.45, 2.75) is 25.7 Å². The number of rotatable bonds is 2. The topological polar surface area (TPSA) is 54.4 Å². The molecule has 1 N–H and O–H groups in total. The van der Waals surface area contributed by atoms with Crippen LogP contribution in [0.5, 0.6) is 0 Å². The number of hydrogen-bond acceptors (Lipinski definition) is 2. The summed E-state index contributed by atoms with van der Waals surface area (Å²) in [7, 11) is 0. The zero-order valence-corrected chi connectivity index (χ0v) is 5.67. The predicted molar refractivity (Wildman–Crippen MR) is 41.7 cm³/mol. The van der Waals surface area contributed by atoms with E-state index in [1.54, 1.807) is 0 Å². The summed E-state index contributed by atoms with van der Waals surface area (Å²) >= 11 is 0. The molecule has 0 amide bonds. The molecule has 0 bridgehead atoms. The number of ketones is 1. The van der Waals surface area contributed by atoms with Gasteiger partial charge in [0.2, 0.25) is 5.78 Å². The van der Waals surface area contributed by atoms with Crippen LogP contribution >= 0.6 is 0 Å². The molecule has 58 valence electrons. The molecular formula is C7H11NaO3. The Morgan fingerprint density at radius 2 is 1.64 bits per heavy atom. The third-order valence-electron chi connectivity index (χ3n) is 1.94. The number of carbonyl (C=O) groups is 2. The molecule has 3 nitrogen and oxygen atoms in total. The molecule has 0 heterocycles. The van der Waals surface area contributed by atoms with Crippen molar-refractivity contribution in [3.8, 4) is 0 Å². The molecule has 1 aliphatic rings. The van der Waals surface area contributed by atoms with E-state index >= 15 is 0 Å². The average molecular weight is 166 g/mol. The van der Waals surface area contributed by atoms with E-state index in [1.807, 2.05) is 0 Å². The normalized spacial score (nSPS) is 17.5. The molecule has 0 saturated heterocycles. The average Bonchev–Trinajstić information content (AvgIpc) is 2.36. The fraction of sp³-hybridized carbons (Fsp3) is 0.714. The van der Waals surface area contributed by atoms with Gasteiger partial charge in [-0.3, -0.25) is 4.79 Å². The van der Waals surface area contributed by atoms with E-state index in [4.69, 9.17) is 5.11 Å². The van der Waals surface area contributed by atoms with Gasteiger partial charge in [0.05, 0.1) is 0 Å². The van der Waals surface area contributed by atoms with Crippen LogP contribution in [0.15, 0.2) is 0 Å². The van der Waals surface area contributed by atoms with Crippen LogP contribution in [0.25, 0.3) is 0 Å². The van der Waals surface area contributed by atoms with Gasteiger partial charge >= 0.3 is 35.5 Å². The Kier molecular flexibility index (Phi) is 4.97. The van der Waals surface area contributed by atoms with Crippen LogP contribution in [0.3, 0.4) is 0 Å². The summed E-state index contributed by atoms with van der Waals surface area (Å²) in [6.07, 6.45) is 3.55. The molecule has 0 radical (unpaired) electrons. The van der Waals surface area contributed by atoms with Crippen molar-refractivity contribution in [2.75, 3.05) is 0 Å². The first-order valence-corrected chi connectivity index (χ1v) is 3.49. The first-order valence-electron chi connectivity index (χ1n) is 3.49. The Hall–Kier alpha value is 0.140. The van der Waals surface area contributed by atoms with Crippen LogP contribution in [-0.2, 0) is 9.59 Å². The van der Waals surface area contributed by atoms with Crippen molar-refractivity contribution < 1.29 is 14.7 Å². The van der Waals surface area contributed by atoms with Crippen LogP contribution in [0.2, 0.25) is 0 Å². The second-order valence-corrected chi connectivity index (χ2v) is 2.65. The van der Waals surface area contributed by atoms with Crippen molar-refractivity contribution in [3.63, 3.8) is 0 Å². The third kappa shape index (κ3) is 2.93. The van der Waals surface area contributed by atoms with Gasteiger partial charge in [-0.1, -0.05) is 12.8 Å². The molecule has 0 aromatic heterocycles. The Morgan fingerprint density at radius 1 is 1.18 bits per heavy atom. The number of aliphatic carboxylic acids is 1. The minimum absolute atomic E-state index is 0. The van der Waals surface area contributed by atoms with E-state index in [0.717, 1.165) is 25.7 Å². The molecular weight excluding hydrogens is 155 g/mol. The van der Waals surface area contributed by atoms with Gasteiger partial charge in [0.25, 0.3) is 0 Å². The van der Waals surface area contributed by atoms with Crippen LogP contribution < -0.4 is 0 Å². The zero-order chi connectivity index (χ0) is 7.56. The Balaban J connectivity index is 0.000001000. The maximum atomic E-state index is 10.7. The van der Waals surface area contributed by atoms with Crippen molar-refractivity contribution in [2.24, 2.45) is 5.92 Å². The Labute approximate surface area is 87.5 Å². The number of carboxylic acids is 1. The summed E-state index contributed by atoms with van der Waals surface area (Å²) in [6.45, 7) is 0. The predicted octanol–water partition coefficient (Wildman–Crippen LogP) is 0.182. The van der Waals surface area contributed by atoms with E-state index in [0.29, 0.717) is 0 Å². The fourth-order valence-electron chi connectivity index (χ4n) is 1.36. The first-order chi connectivity index (χ1) is 4.72. The summed E-state index contributed by atoms with van der Waals surface area (Å²) in [4.78, 5) is 20.9. The summed E-state index contributed by atoms with van der Waals surface area (Å²) in [5, 5.41) is 8.29. The standard InChI is InChI=1S/C7H10O3.Na.H/c8-6(7(9)10)5-3-1-2-4-5;;/h5H,1-4H2,(H,9,10);;. The molecule has 0 aliphatic heterocycles. The van der Waals surface area contributed by atoms with Gasteiger partial charge in [-0.05, 0) is 12.8 Å². The third-order valence-corrected chi connectivity index (χ3v) is 1.94. The molecule has 4 heteroatoms. The van der Waals surface area contributed by atoms with Crippen molar-refractivity contribution in [1.29, 1.82) is 0 Å². The summed E-state index contributed by atoms with van der Waals surface area (Å²) in [6, 6.07) is 0. The maximum absolute atomic E-state index is 10.7. The van der Waals surface area contributed by atoms with Crippen LogP contribution in [0, 0.1) is 5.92 Å². The molecule has 11 heavy (non-hydrogen) atoms. The molecule has 1 fully saturated rings. The minimum atomic E-state index is -1.27. The van der Waals surface area contributed by atoms with Crippen LogP contribution in [0.1, 0.15) is 25.7 Å². The quantitative estimate of drug-likeness (QED) is 0.470. The molecule has 1 saturated carbocycles. The van der Waals surface area contributed by atoms with E-state index < -0.39 is 11.8 Å². The van der Waals surface area contributed by atoms with Crippen LogP contribution in [0.4, 0.5) is 0 Å². The second-order valence-electron chi connectivity index (χ2n) is 2.65. The van der Waals surface area contributed by atoms with Crippen LogP contribution in [-0.4, -0.2) is 46.4 Å². The molecule has 0 aromatic carbocycles. The number of Topliss-reactive ketones (excluding diaryl/α,β-unsaturated/α-hetero) is 1. The summed E-state index contributed by atoms with van der Waals surface area (Å²) in [5.41, 5.74) is 0. The van der Waals surface area contributed by atoms with E-state index in [-0.39, 0.29) is 35.5 Å². The molecule has 1 aliphatic carbocycles. The van der Waals surface area contributed by atoms with Gasteiger partial charge in [-0.15, -0.1) is 0 Å². The molecule has 0 aromatic rings. The van der Waals surface area contributed by atoms with E-state index in [1.165, 1.54) is 0 Å². The molecule has 0 spiro atoms. The van der Waals surface area contributed by atoms with Gasteiger partial charge < -0.3 is 5.11 Å². The number of carbonyl (C=O) groups excluding carboxylic acids is 1. The van der Waals surface area contributed by atoms with Gasteiger partial charge in [0.15, 0.2) is 0 Å². The zero-order valence-electron chi connectivity index (χ0n) is 5.67. The van der Waals surface area contributed by atoms with E-state index in [2.05, 4.69) is 0 Å². The van der Waals surface area contributed by atoms with Gasteiger partial charge in [-0.25, -0.2) is 4.79 Å². The number of hydrogen-bond donors (Lipinski definition) is 1. The van der Waals surface area contributed by atoms with Gasteiger partial charge in [0, 0.05) is 5.92 Å². The van der Waals surface area contributed by atoms with Gasteiger partial charge in [0.1, 0.15) is 0 Å². The second kappa shape index (κ2) is 4.91. The molecule has 0 unspecified atom stereocenters.